The summed E-state index contributed by atoms with van der Waals surface area (Å²) in [6.07, 6.45) is 2.17. The number of likely N-dealkylation sites (N-methyl/N-ethyl adjacent to an activating group) is 1. The van der Waals surface area contributed by atoms with Crippen LogP contribution in [0.25, 0.3) is 0 Å². The molecular formula is C16H16FN3O4S. The van der Waals surface area contributed by atoms with Gasteiger partial charge in [0.15, 0.2) is 14.9 Å². The molecule has 0 spiro atoms. The topological polar surface area (TPSA) is 96.4 Å². The van der Waals surface area contributed by atoms with E-state index in [1.165, 1.54) is 48.3 Å². The molecule has 1 aromatic heterocycles. The van der Waals surface area contributed by atoms with Crippen LogP contribution in [0.2, 0.25) is 0 Å². The number of rotatable bonds is 4. The maximum Gasteiger partial charge on any atom is 0.313 e. The maximum absolute atomic E-state index is 12.9. The summed E-state index contributed by atoms with van der Waals surface area (Å²) in [6, 6.07) is 8.15. The first-order valence-electron chi connectivity index (χ1n) is 7.14. The van der Waals surface area contributed by atoms with Crippen molar-refractivity contribution in [2.75, 3.05) is 18.6 Å². The van der Waals surface area contributed by atoms with Gasteiger partial charge in [-0.2, -0.15) is 0 Å². The van der Waals surface area contributed by atoms with Crippen molar-refractivity contribution in [3.63, 3.8) is 0 Å². The molecule has 1 heterocycles. The zero-order valence-electron chi connectivity index (χ0n) is 13.6. The lowest BCUT2D eigenvalue weighted by molar-refractivity contribution is -0.142. The molecule has 0 fully saturated rings. The zero-order valence-corrected chi connectivity index (χ0v) is 14.4. The van der Waals surface area contributed by atoms with Gasteiger partial charge in [-0.3, -0.25) is 9.59 Å². The normalized spacial score (nSPS) is 11.0. The van der Waals surface area contributed by atoms with Gasteiger partial charge in [-0.05, 0) is 29.8 Å². The van der Waals surface area contributed by atoms with Gasteiger partial charge in [0.05, 0.1) is 11.9 Å². The van der Waals surface area contributed by atoms with Crippen molar-refractivity contribution in [2.24, 2.45) is 0 Å². The molecule has 1 N–H and O–H groups in total. The molecule has 0 saturated heterocycles. The fraction of sp³-hybridized carbons (Fsp3) is 0.188. The smallest absolute Gasteiger partial charge is 0.313 e. The maximum atomic E-state index is 12.9. The van der Waals surface area contributed by atoms with Crippen LogP contribution in [0.15, 0.2) is 47.6 Å². The average molecular weight is 365 g/mol. The third-order valence-corrected chi connectivity index (χ3v) is 4.25. The predicted molar refractivity (Wildman–Crippen MR) is 88.9 cm³/mol. The average Bonchev–Trinajstić information content (AvgIpc) is 2.55. The standard InChI is InChI=1S/C16H16FN3O4S/c1-20(10-11-3-5-12(17)6-4-11)16(22)15(21)19-13-7-8-14(18-9-13)25(2,23)24/h3-9H,10H2,1-2H3,(H,19,21). The summed E-state index contributed by atoms with van der Waals surface area (Å²) in [5.74, 6) is -2.07. The molecule has 9 heteroatoms. The monoisotopic (exact) mass is 365 g/mol. The first-order valence-corrected chi connectivity index (χ1v) is 9.03. The third kappa shape index (κ3) is 5.08. The molecule has 0 atom stereocenters. The highest BCUT2D eigenvalue weighted by Gasteiger charge is 2.19. The fourth-order valence-corrected chi connectivity index (χ4v) is 2.53. The molecule has 0 radical (unpaired) electrons. The summed E-state index contributed by atoms with van der Waals surface area (Å²) >= 11 is 0. The van der Waals surface area contributed by atoms with Crippen LogP contribution in [-0.4, -0.2) is 43.4 Å². The number of pyridine rings is 1. The largest absolute Gasteiger partial charge is 0.333 e. The van der Waals surface area contributed by atoms with Gasteiger partial charge < -0.3 is 10.2 Å². The number of benzene rings is 1. The van der Waals surface area contributed by atoms with Crippen LogP contribution in [0.3, 0.4) is 0 Å². The molecule has 0 aliphatic rings. The van der Waals surface area contributed by atoms with E-state index in [-0.39, 0.29) is 23.1 Å². The number of sulfone groups is 1. The van der Waals surface area contributed by atoms with Crippen LogP contribution >= 0.6 is 0 Å². The number of hydrogen-bond donors (Lipinski definition) is 1. The molecule has 2 aromatic rings. The Morgan fingerprint density at radius 1 is 1.16 bits per heavy atom. The highest BCUT2D eigenvalue weighted by atomic mass is 32.2. The third-order valence-electron chi connectivity index (χ3n) is 3.25. The molecule has 2 amide bonds. The van der Waals surface area contributed by atoms with E-state index < -0.39 is 21.7 Å². The summed E-state index contributed by atoms with van der Waals surface area (Å²) in [6.45, 7) is 0.137. The van der Waals surface area contributed by atoms with Gasteiger partial charge in [0.2, 0.25) is 0 Å². The Hall–Kier alpha value is -2.81. The van der Waals surface area contributed by atoms with Gasteiger partial charge in [-0.15, -0.1) is 0 Å². The van der Waals surface area contributed by atoms with Crippen molar-refractivity contribution >= 4 is 27.3 Å². The van der Waals surface area contributed by atoms with Crippen LogP contribution < -0.4 is 5.32 Å². The highest BCUT2D eigenvalue weighted by molar-refractivity contribution is 7.90. The molecule has 0 bridgehead atoms. The van der Waals surface area contributed by atoms with Crippen LogP contribution in [0, 0.1) is 5.82 Å². The number of nitrogens with zero attached hydrogens (tertiary/aromatic N) is 2. The van der Waals surface area contributed by atoms with Crippen molar-refractivity contribution in [1.82, 2.24) is 9.88 Å². The minimum absolute atomic E-state index is 0.134. The Labute approximate surface area is 144 Å². The lowest BCUT2D eigenvalue weighted by Crippen LogP contribution is -2.36. The molecular weight excluding hydrogens is 349 g/mol. The molecule has 7 nitrogen and oxygen atoms in total. The second kappa shape index (κ2) is 7.39. The van der Waals surface area contributed by atoms with Crippen molar-refractivity contribution < 1.29 is 22.4 Å². The van der Waals surface area contributed by atoms with Crippen molar-refractivity contribution in [2.45, 2.75) is 11.6 Å². The molecule has 0 aliphatic carbocycles. The van der Waals surface area contributed by atoms with Gasteiger partial charge in [0, 0.05) is 19.8 Å². The summed E-state index contributed by atoms with van der Waals surface area (Å²) in [5, 5.41) is 2.21. The summed E-state index contributed by atoms with van der Waals surface area (Å²) in [5.41, 5.74) is 0.866. The summed E-state index contributed by atoms with van der Waals surface area (Å²) in [7, 11) is -2.00. The van der Waals surface area contributed by atoms with Crippen molar-refractivity contribution in [3.8, 4) is 0 Å². The van der Waals surface area contributed by atoms with Gasteiger partial charge in [0.25, 0.3) is 0 Å². The molecule has 1 aromatic carbocycles. The minimum Gasteiger partial charge on any atom is -0.333 e. The first kappa shape index (κ1) is 18.5. The van der Waals surface area contributed by atoms with Crippen LogP contribution in [0.1, 0.15) is 5.56 Å². The SMILES string of the molecule is CN(Cc1ccc(F)cc1)C(=O)C(=O)Nc1ccc(S(C)(=O)=O)nc1. The number of aromatic nitrogens is 1. The lowest BCUT2D eigenvalue weighted by Gasteiger charge is -2.16. The molecule has 0 saturated carbocycles. The van der Waals surface area contributed by atoms with Gasteiger partial charge in [-0.1, -0.05) is 12.1 Å². The second-order valence-corrected chi connectivity index (χ2v) is 7.36. The van der Waals surface area contributed by atoms with Crippen molar-refractivity contribution in [1.29, 1.82) is 0 Å². The van der Waals surface area contributed by atoms with Gasteiger partial charge in [-0.25, -0.2) is 17.8 Å². The van der Waals surface area contributed by atoms with Crippen LogP contribution in [0.4, 0.5) is 10.1 Å². The number of amides is 2. The summed E-state index contributed by atoms with van der Waals surface area (Å²) < 4.78 is 35.5. The Morgan fingerprint density at radius 2 is 1.80 bits per heavy atom. The van der Waals surface area contributed by atoms with E-state index in [0.29, 0.717) is 5.56 Å². The molecule has 132 valence electrons. The molecule has 25 heavy (non-hydrogen) atoms. The van der Waals surface area contributed by atoms with E-state index in [2.05, 4.69) is 10.3 Å². The number of hydrogen-bond acceptors (Lipinski definition) is 5. The zero-order chi connectivity index (χ0) is 18.6. The van der Waals surface area contributed by atoms with Gasteiger partial charge in [0.1, 0.15) is 5.82 Å². The Balaban J connectivity index is 1.99. The van der Waals surface area contributed by atoms with E-state index in [0.717, 1.165) is 12.5 Å². The Morgan fingerprint density at radius 3 is 2.32 bits per heavy atom. The minimum atomic E-state index is -3.44. The molecule has 0 unspecified atom stereocenters. The quantitative estimate of drug-likeness (QED) is 0.822. The van der Waals surface area contributed by atoms with E-state index in [1.807, 2.05) is 0 Å². The predicted octanol–water partition coefficient (Wildman–Crippen LogP) is 1.22. The number of anilines is 1. The highest BCUT2D eigenvalue weighted by Crippen LogP contribution is 2.11. The fourth-order valence-electron chi connectivity index (χ4n) is 1.97. The first-order chi connectivity index (χ1) is 11.7. The Bertz CT molecular complexity index is 881. The van der Waals surface area contributed by atoms with E-state index in [1.54, 1.807) is 0 Å². The van der Waals surface area contributed by atoms with E-state index in [4.69, 9.17) is 0 Å². The summed E-state index contributed by atoms with van der Waals surface area (Å²) in [4.78, 5) is 28.9. The number of carbonyl (C=O) groups is 2. The number of carbonyl (C=O) groups excluding carboxylic acids is 2. The number of halogens is 1. The lowest BCUT2D eigenvalue weighted by atomic mass is 10.2. The van der Waals surface area contributed by atoms with E-state index in [9.17, 15) is 22.4 Å². The number of nitrogens with one attached hydrogen (secondary N) is 1. The van der Waals surface area contributed by atoms with Gasteiger partial charge >= 0.3 is 11.8 Å². The Kier molecular flexibility index (Phi) is 5.48. The second-order valence-electron chi connectivity index (χ2n) is 5.40. The molecule has 2 rings (SSSR count). The van der Waals surface area contributed by atoms with E-state index >= 15 is 0 Å². The molecule has 0 aliphatic heterocycles. The van der Waals surface area contributed by atoms with Crippen LogP contribution in [-0.2, 0) is 26.0 Å². The van der Waals surface area contributed by atoms with Crippen LogP contribution in [0.5, 0.6) is 0 Å². The van der Waals surface area contributed by atoms with Crippen molar-refractivity contribution in [3.05, 3.63) is 54.0 Å².